The smallest absolute Gasteiger partial charge is 0.228 e. The van der Waals surface area contributed by atoms with Gasteiger partial charge in [0.1, 0.15) is 5.75 Å². The third-order valence-corrected chi connectivity index (χ3v) is 4.82. The lowest BCUT2D eigenvalue weighted by molar-refractivity contribution is -0.122. The van der Waals surface area contributed by atoms with Crippen molar-refractivity contribution in [3.05, 3.63) is 53.6 Å². The molecule has 2 amide bonds. The minimum Gasteiger partial charge on any atom is -0.491 e. The van der Waals surface area contributed by atoms with E-state index in [1.165, 1.54) is 0 Å². The van der Waals surface area contributed by atoms with Gasteiger partial charge in [-0.2, -0.15) is 0 Å². The predicted octanol–water partition coefficient (Wildman–Crippen LogP) is 4.30. The maximum Gasteiger partial charge on any atom is 0.228 e. The van der Waals surface area contributed by atoms with Gasteiger partial charge in [0.25, 0.3) is 0 Å². The Kier molecular flexibility index (Phi) is 5.49. The Labute approximate surface area is 160 Å². The lowest BCUT2D eigenvalue weighted by atomic mass is 10.1. The molecule has 1 aliphatic carbocycles. The average molecular weight is 366 g/mol. The number of benzene rings is 2. The Hall–Kier alpha value is -2.82. The van der Waals surface area contributed by atoms with Gasteiger partial charge < -0.3 is 15.4 Å². The number of hydrogen-bond acceptors (Lipinski definition) is 3. The topological polar surface area (TPSA) is 67.4 Å². The van der Waals surface area contributed by atoms with Crippen LogP contribution in [0.5, 0.6) is 5.75 Å². The van der Waals surface area contributed by atoms with Gasteiger partial charge in [-0.25, -0.2) is 0 Å². The van der Waals surface area contributed by atoms with Crippen LogP contribution in [0.3, 0.4) is 0 Å². The maximum atomic E-state index is 12.4. The van der Waals surface area contributed by atoms with Gasteiger partial charge in [0, 0.05) is 11.4 Å². The van der Waals surface area contributed by atoms with Gasteiger partial charge >= 0.3 is 0 Å². The van der Waals surface area contributed by atoms with Crippen LogP contribution in [0.15, 0.2) is 42.5 Å². The minimum absolute atomic E-state index is 0.0930. The van der Waals surface area contributed by atoms with Crippen molar-refractivity contribution in [2.75, 3.05) is 10.6 Å². The molecule has 0 radical (unpaired) electrons. The molecule has 2 aromatic rings. The summed E-state index contributed by atoms with van der Waals surface area (Å²) in [6.07, 6.45) is 0.685. The van der Waals surface area contributed by atoms with Crippen molar-refractivity contribution in [3.8, 4) is 5.75 Å². The zero-order chi connectivity index (χ0) is 19.6. The molecule has 142 valence electrons. The summed E-state index contributed by atoms with van der Waals surface area (Å²) in [5.41, 5.74) is 3.70. The zero-order valence-corrected chi connectivity index (χ0v) is 16.2. The van der Waals surface area contributed by atoms with E-state index in [0.29, 0.717) is 12.1 Å². The molecule has 0 heterocycles. The van der Waals surface area contributed by atoms with Crippen LogP contribution < -0.4 is 15.4 Å². The standard InChI is InChI=1S/C22H26N2O3/c1-13(2)27-17-10-8-16(9-11-17)23-21(25)18-12-19(18)22(26)24-20-7-5-6-14(3)15(20)4/h5-11,13,18-19H,12H2,1-4H3,(H,23,25)(H,24,26). The largest absolute Gasteiger partial charge is 0.491 e. The molecule has 5 nitrogen and oxygen atoms in total. The number of aryl methyl sites for hydroxylation is 1. The Bertz CT molecular complexity index is 843. The Morgan fingerprint density at radius 3 is 2.22 bits per heavy atom. The highest BCUT2D eigenvalue weighted by Crippen LogP contribution is 2.40. The lowest BCUT2D eigenvalue weighted by Gasteiger charge is -2.11. The highest BCUT2D eigenvalue weighted by molar-refractivity contribution is 6.03. The molecule has 0 saturated heterocycles. The zero-order valence-electron chi connectivity index (χ0n) is 16.2. The van der Waals surface area contributed by atoms with Crippen molar-refractivity contribution in [2.24, 2.45) is 11.8 Å². The van der Waals surface area contributed by atoms with Crippen LogP contribution in [0.1, 0.15) is 31.4 Å². The summed E-state index contributed by atoms with van der Waals surface area (Å²) in [6, 6.07) is 13.1. The molecule has 27 heavy (non-hydrogen) atoms. The van der Waals surface area contributed by atoms with Gasteiger partial charge in [0.15, 0.2) is 0 Å². The second kappa shape index (κ2) is 7.82. The van der Waals surface area contributed by atoms with Crippen LogP contribution in [0.2, 0.25) is 0 Å². The first-order valence-electron chi connectivity index (χ1n) is 9.30. The fraction of sp³-hybridized carbons (Fsp3) is 0.364. The summed E-state index contributed by atoms with van der Waals surface area (Å²) in [6.45, 7) is 7.92. The van der Waals surface area contributed by atoms with Crippen LogP contribution in [0.4, 0.5) is 11.4 Å². The minimum atomic E-state index is -0.276. The molecule has 5 heteroatoms. The van der Waals surface area contributed by atoms with E-state index in [2.05, 4.69) is 10.6 Å². The fourth-order valence-corrected chi connectivity index (χ4v) is 3.01. The van der Waals surface area contributed by atoms with Crippen LogP contribution in [-0.2, 0) is 9.59 Å². The summed E-state index contributed by atoms with van der Waals surface area (Å²) in [7, 11) is 0. The number of carbonyl (C=O) groups excluding carboxylic acids is 2. The van der Waals surface area contributed by atoms with E-state index < -0.39 is 0 Å². The van der Waals surface area contributed by atoms with E-state index in [1.54, 1.807) is 0 Å². The molecular formula is C22H26N2O3. The molecule has 0 aliphatic heterocycles. The Morgan fingerprint density at radius 2 is 1.59 bits per heavy atom. The number of hydrogen-bond donors (Lipinski definition) is 2. The SMILES string of the molecule is Cc1cccc(NC(=O)C2CC2C(=O)Nc2ccc(OC(C)C)cc2)c1C. The van der Waals surface area contributed by atoms with Gasteiger partial charge in [-0.1, -0.05) is 12.1 Å². The van der Waals surface area contributed by atoms with Crippen molar-refractivity contribution in [1.82, 2.24) is 0 Å². The highest BCUT2D eigenvalue weighted by Gasteiger charge is 2.48. The van der Waals surface area contributed by atoms with Crippen LogP contribution in [0.25, 0.3) is 0 Å². The number of rotatable bonds is 6. The normalized spacial score (nSPS) is 18.1. The predicted molar refractivity (Wildman–Crippen MR) is 107 cm³/mol. The molecule has 1 fully saturated rings. The Balaban J connectivity index is 1.54. The van der Waals surface area contributed by atoms with Crippen LogP contribution in [-0.4, -0.2) is 17.9 Å². The molecular weight excluding hydrogens is 340 g/mol. The van der Waals surface area contributed by atoms with E-state index in [0.717, 1.165) is 22.6 Å². The first-order chi connectivity index (χ1) is 12.8. The molecule has 3 rings (SSSR count). The first kappa shape index (κ1) is 19.0. The number of carbonyl (C=O) groups is 2. The van der Waals surface area contributed by atoms with E-state index in [4.69, 9.17) is 4.74 Å². The summed E-state index contributed by atoms with van der Waals surface area (Å²) in [5.74, 6) is 0.00791. The summed E-state index contributed by atoms with van der Waals surface area (Å²) in [4.78, 5) is 24.8. The van der Waals surface area contributed by atoms with E-state index >= 15 is 0 Å². The molecule has 0 spiro atoms. The van der Waals surface area contributed by atoms with Crippen molar-refractivity contribution in [2.45, 2.75) is 40.2 Å². The summed E-state index contributed by atoms with van der Waals surface area (Å²) >= 11 is 0. The van der Waals surface area contributed by atoms with E-state index in [9.17, 15) is 9.59 Å². The fourth-order valence-electron chi connectivity index (χ4n) is 3.01. The van der Waals surface area contributed by atoms with Gasteiger partial charge in [-0.15, -0.1) is 0 Å². The monoisotopic (exact) mass is 366 g/mol. The van der Waals surface area contributed by atoms with Gasteiger partial charge in [0.2, 0.25) is 11.8 Å². The number of ether oxygens (including phenoxy) is 1. The quantitative estimate of drug-likeness (QED) is 0.801. The van der Waals surface area contributed by atoms with Crippen LogP contribution >= 0.6 is 0 Å². The second-order valence-corrected chi connectivity index (χ2v) is 7.37. The lowest BCUT2D eigenvalue weighted by Crippen LogP contribution is -2.21. The molecule has 2 aromatic carbocycles. The second-order valence-electron chi connectivity index (χ2n) is 7.37. The molecule has 1 aliphatic rings. The molecule has 2 N–H and O–H groups in total. The molecule has 2 unspecified atom stereocenters. The number of amides is 2. The first-order valence-corrected chi connectivity index (χ1v) is 9.30. The third-order valence-electron chi connectivity index (χ3n) is 4.82. The van der Waals surface area contributed by atoms with Crippen molar-refractivity contribution >= 4 is 23.2 Å². The third kappa shape index (κ3) is 4.67. The van der Waals surface area contributed by atoms with E-state index in [-0.39, 0.29) is 29.8 Å². The van der Waals surface area contributed by atoms with E-state index in [1.807, 2.05) is 70.2 Å². The highest BCUT2D eigenvalue weighted by atomic mass is 16.5. The van der Waals surface area contributed by atoms with Crippen LogP contribution in [0, 0.1) is 25.7 Å². The van der Waals surface area contributed by atoms with Gasteiger partial charge in [-0.05, 0) is 75.6 Å². The molecule has 1 saturated carbocycles. The average Bonchev–Trinajstić information content (AvgIpc) is 3.41. The van der Waals surface area contributed by atoms with Crippen molar-refractivity contribution in [3.63, 3.8) is 0 Å². The van der Waals surface area contributed by atoms with Gasteiger partial charge in [0.05, 0.1) is 17.9 Å². The number of nitrogens with one attached hydrogen (secondary N) is 2. The van der Waals surface area contributed by atoms with Crippen molar-refractivity contribution < 1.29 is 14.3 Å². The summed E-state index contributed by atoms with van der Waals surface area (Å²) in [5, 5.41) is 5.83. The van der Waals surface area contributed by atoms with Gasteiger partial charge in [-0.3, -0.25) is 9.59 Å². The maximum absolute atomic E-state index is 12.4. The number of anilines is 2. The molecule has 2 atom stereocenters. The van der Waals surface area contributed by atoms with Crippen molar-refractivity contribution in [1.29, 1.82) is 0 Å². The molecule has 0 bridgehead atoms. The Morgan fingerprint density at radius 1 is 0.963 bits per heavy atom. The molecule has 0 aromatic heterocycles. The summed E-state index contributed by atoms with van der Waals surface area (Å²) < 4.78 is 5.59.